The molecule has 1 saturated heterocycles. The van der Waals surface area contributed by atoms with E-state index >= 15 is 0 Å². The van der Waals surface area contributed by atoms with Crippen LogP contribution >= 0.6 is 0 Å². The van der Waals surface area contributed by atoms with Crippen LogP contribution in [0.4, 0.5) is 0 Å². The number of aromatic nitrogens is 2. The summed E-state index contributed by atoms with van der Waals surface area (Å²) in [6.45, 7) is 4.33. The molecular formula is C17H27N3O3. The molecule has 0 amide bonds. The zero-order chi connectivity index (χ0) is 15.6. The first kappa shape index (κ1) is 15.6. The maximum atomic E-state index is 10.2. The van der Waals surface area contributed by atoms with E-state index in [0.717, 1.165) is 39.0 Å². The largest absolute Gasteiger partial charge is 0.389 e. The highest BCUT2D eigenvalue weighted by molar-refractivity contribution is 5.18. The third-order valence-corrected chi connectivity index (χ3v) is 5.07. The molecule has 1 aromatic rings. The Kier molecular flexibility index (Phi) is 4.66. The van der Waals surface area contributed by atoms with Crippen molar-refractivity contribution in [3.05, 3.63) is 17.7 Å². The Morgan fingerprint density at radius 2 is 2.30 bits per heavy atom. The van der Waals surface area contributed by atoms with Crippen molar-refractivity contribution in [1.29, 1.82) is 0 Å². The first-order chi connectivity index (χ1) is 11.3. The van der Waals surface area contributed by atoms with Gasteiger partial charge in [-0.1, -0.05) is 0 Å². The van der Waals surface area contributed by atoms with Gasteiger partial charge in [-0.2, -0.15) is 0 Å². The summed E-state index contributed by atoms with van der Waals surface area (Å²) in [6.07, 6.45) is 7.63. The average molecular weight is 321 g/mol. The molecule has 2 atom stereocenters. The lowest BCUT2D eigenvalue weighted by molar-refractivity contribution is -0.0262. The maximum Gasteiger partial charge on any atom is 0.0954 e. The van der Waals surface area contributed by atoms with Crippen LogP contribution in [0, 0.1) is 0 Å². The first-order valence-corrected chi connectivity index (χ1v) is 8.94. The molecule has 6 heteroatoms. The molecule has 1 N–H and O–H groups in total. The zero-order valence-electron chi connectivity index (χ0n) is 13.7. The fourth-order valence-corrected chi connectivity index (χ4v) is 3.67. The molecule has 1 aromatic heterocycles. The van der Waals surface area contributed by atoms with E-state index in [1.807, 2.05) is 6.33 Å². The molecule has 23 heavy (non-hydrogen) atoms. The number of aliphatic hydroxyl groups excluding tert-OH is 1. The Morgan fingerprint density at radius 1 is 1.39 bits per heavy atom. The smallest absolute Gasteiger partial charge is 0.0954 e. The van der Waals surface area contributed by atoms with E-state index in [0.29, 0.717) is 25.8 Å². The van der Waals surface area contributed by atoms with Crippen molar-refractivity contribution in [2.75, 3.05) is 32.9 Å². The summed E-state index contributed by atoms with van der Waals surface area (Å²) in [7, 11) is 0. The van der Waals surface area contributed by atoms with Crippen molar-refractivity contribution in [3.63, 3.8) is 0 Å². The highest BCUT2D eigenvalue weighted by Crippen LogP contribution is 2.37. The summed E-state index contributed by atoms with van der Waals surface area (Å²) in [5.41, 5.74) is 2.60. The van der Waals surface area contributed by atoms with Crippen LogP contribution in [0.15, 0.2) is 6.33 Å². The Bertz CT molecular complexity index is 523. The minimum absolute atomic E-state index is 0.228. The lowest BCUT2D eigenvalue weighted by Crippen LogP contribution is -2.39. The zero-order valence-corrected chi connectivity index (χ0v) is 13.7. The van der Waals surface area contributed by atoms with Crippen LogP contribution in [0.3, 0.4) is 0 Å². The van der Waals surface area contributed by atoms with Gasteiger partial charge in [0, 0.05) is 44.4 Å². The van der Waals surface area contributed by atoms with Gasteiger partial charge in [0.2, 0.25) is 0 Å². The Balaban J connectivity index is 1.21. The second-order valence-electron chi connectivity index (χ2n) is 7.09. The van der Waals surface area contributed by atoms with Crippen LogP contribution in [0.5, 0.6) is 0 Å². The van der Waals surface area contributed by atoms with Gasteiger partial charge in [-0.05, 0) is 25.7 Å². The lowest BCUT2D eigenvalue weighted by Gasteiger charge is -2.29. The van der Waals surface area contributed by atoms with E-state index in [9.17, 15) is 5.11 Å². The van der Waals surface area contributed by atoms with Crippen molar-refractivity contribution in [1.82, 2.24) is 14.5 Å². The fourth-order valence-electron chi connectivity index (χ4n) is 3.67. The van der Waals surface area contributed by atoms with Gasteiger partial charge in [0.1, 0.15) is 0 Å². The molecule has 128 valence electrons. The van der Waals surface area contributed by atoms with E-state index in [-0.39, 0.29) is 6.10 Å². The van der Waals surface area contributed by atoms with Crippen LogP contribution in [-0.2, 0) is 22.4 Å². The topological polar surface area (TPSA) is 59.8 Å². The SMILES string of the molecule is OC(COCC1CCCO1)CN1CCc2c(ncn2C2CC2)C1. The van der Waals surface area contributed by atoms with Crippen molar-refractivity contribution < 1.29 is 14.6 Å². The van der Waals surface area contributed by atoms with E-state index in [4.69, 9.17) is 9.47 Å². The van der Waals surface area contributed by atoms with Crippen LogP contribution in [-0.4, -0.2) is 64.7 Å². The number of hydrogen-bond donors (Lipinski definition) is 1. The third kappa shape index (κ3) is 3.76. The summed E-state index contributed by atoms with van der Waals surface area (Å²) in [5.74, 6) is 0. The number of nitrogens with zero attached hydrogens (tertiary/aromatic N) is 3. The maximum absolute atomic E-state index is 10.2. The van der Waals surface area contributed by atoms with Gasteiger partial charge >= 0.3 is 0 Å². The molecule has 0 aromatic carbocycles. The number of rotatable bonds is 7. The van der Waals surface area contributed by atoms with Crippen LogP contribution in [0.2, 0.25) is 0 Å². The summed E-state index contributed by atoms with van der Waals surface area (Å²) < 4.78 is 13.5. The standard InChI is InChI=1S/C17H27N3O3/c21-14(10-22-11-15-2-1-7-23-15)8-19-6-5-17-16(9-19)18-12-20(17)13-3-4-13/h12-15,21H,1-11H2. The van der Waals surface area contributed by atoms with Gasteiger partial charge in [-0.25, -0.2) is 4.98 Å². The second-order valence-corrected chi connectivity index (χ2v) is 7.09. The molecule has 1 aliphatic carbocycles. The van der Waals surface area contributed by atoms with Gasteiger partial charge < -0.3 is 19.1 Å². The fraction of sp³-hybridized carbons (Fsp3) is 0.824. The highest BCUT2D eigenvalue weighted by Gasteiger charge is 2.29. The van der Waals surface area contributed by atoms with Crippen LogP contribution in [0.25, 0.3) is 0 Å². The second kappa shape index (κ2) is 6.89. The predicted octanol–water partition coefficient (Wildman–Crippen LogP) is 1.13. The summed E-state index contributed by atoms with van der Waals surface area (Å²) in [4.78, 5) is 6.87. The molecule has 1 saturated carbocycles. The number of fused-ring (bicyclic) bond motifs is 1. The minimum Gasteiger partial charge on any atom is -0.389 e. The van der Waals surface area contributed by atoms with Crippen molar-refractivity contribution in [2.24, 2.45) is 0 Å². The Hall–Kier alpha value is -0.950. The van der Waals surface area contributed by atoms with E-state index in [1.54, 1.807) is 0 Å². The number of aliphatic hydroxyl groups is 1. The van der Waals surface area contributed by atoms with Crippen molar-refractivity contribution in [3.8, 4) is 0 Å². The molecular weight excluding hydrogens is 294 g/mol. The molecule has 4 rings (SSSR count). The molecule has 3 aliphatic rings. The monoisotopic (exact) mass is 321 g/mol. The molecule has 0 radical (unpaired) electrons. The normalized spacial score (nSPS) is 26.4. The molecule has 2 unspecified atom stereocenters. The molecule has 0 spiro atoms. The van der Waals surface area contributed by atoms with Gasteiger partial charge in [0.25, 0.3) is 0 Å². The number of hydrogen-bond acceptors (Lipinski definition) is 5. The molecule has 2 aliphatic heterocycles. The van der Waals surface area contributed by atoms with E-state index in [2.05, 4.69) is 14.5 Å². The van der Waals surface area contributed by atoms with E-state index in [1.165, 1.54) is 24.2 Å². The van der Waals surface area contributed by atoms with Gasteiger partial charge in [-0.15, -0.1) is 0 Å². The molecule has 3 heterocycles. The van der Waals surface area contributed by atoms with Crippen molar-refractivity contribution in [2.45, 2.75) is 56.9 Å². The molecule has 6 nitrogen and oxygen atoms in total. The number of ether oxygens (including phenoxy) is 2. The molecule has 2 fully saturated rings. The van der Waals surface area contributed by atoms with Gasteiger partial charge in [-0.3, -0.25) is 4.90 Å². The summed E-state index contributed by atoms with van der Waals surface area (Å²) >= 11 is 0. The molecule has 0 bridgehead atoms. The number of β-amino-alcohol motifs (C(OH)–C–C–N with tert-alkyl or cyclic N) is 1. The lowest BCUT2D eigenvalue weighted by atomic mass is 10.1. The van der Waals surface area contributed by atoms with Crippen LogP contribution < -0.4 is 0 Å². The van der Waals surface area contributed by atoms with Crippen LogP contribution in [0.1, 0.15) is 43.1 Å². The van der Waals surface area contributed by atoms with E-state index < -0.39 is 6.10 Å². The Morgan fingerprint density at radius 3 is 3.09 bits per heavy atom. The highest BCUT2D eigenvalue weighted by atomic mass is 16.5. The van der Waals surface area contributed by atoms with Crippen molar-refractivity contribution >= 4 is 0 Å². The Labute approximate surface area is 137 Å². The quantitative estimate of drug-likeness (QED) is 0.816. The van der Waals surface area contributed by atoms with Gasteiger partial charge in [0.15, 0.2) is 0 Å². The minimum atomic E-state index is -0.441. The number of imidazole rings is 1. The average Bonchev–Trinajstić information content (AvgIpc) is 3.09. The summed E-state index contributed by atoms with van der Waals surface area (Å²) in [6, 6.07) is 0.703. The predicted molar refractivity (Wildman–Crippen MR) is 85.3 cm³/mol. The van der Waals surface area contributed by atoms with Gasteiger partial charge in [0.05, 0.1) is 37.4 Å². The third-order valence-electron chi connectivity index (χ3n) is 5.07. The first-order valence-electron chi connectivity index (χ1n) is 8.94. The summed E-state index contributed by atoms with van der Waals surface area (Å²) in [5, 5.41) is 10.2.